The summed E-state index contributed by atoms with van der Waals surface area (Å²) in [6.45, 7) is 0. The number of hydrogen-bond donors (Lipinski definition) is 0. The number of aromatic nitrogens is 2. The van der Waals surface area contributed by atoms with E-state index in [-0.39, 0.29) is 5.02 Å². The molecule has 0 aliphatic heterocycles. The van der Waals surface area contributed by atoms with Crippen molar-refractivity contribution in [1.29, 1.82) is 0 Å². The molecule has 0 radical (unpaired) electrons. The molecule has 2 nitrogen and oxygen atoms in total. The van der Waals surface area contributed by atoms with E-state index in [1.165, 1.54) is 6.07 Å². The van der Waals surface area contributed by atoms with Crippen molar-refractivity contribution in [2.45, 2.75) is 6.18 Å². The third kappa shape index (κ3) is 2.14. The first-order valence-corrected chi connectivity index (χ1v) is 6.13. The molecule has 3 aromatic rings. The molecule has 0 aliphatic carbocycles. The van der Waals surface area contributed by atoms with Gasteiger partial charge in [0.25, 0.3) is 0 Å². The second-order valence-electron chi connectivity index (χ2n) is 4.28. The lowest BCUT2D eigenvalue weighted by Gasteiger charge is -2.11. The standard InChI is InChI=1S/C14H8ClF3N2/c15-11-7-10(14(16,17)18)1-2-13(11)20-6-4-9-8-19-5-3-12(9)20/h1-8H. The molecule has 0 saturated heterocycles. The van der Waals surface area contributed by atoms with Crippen molar-refractivity contribution < 1.29 is 13.2 Å². The van der Waals surface area contributed by atoms with E-state index in [1.54, 1.807) is 29.2 Å². The van der Waals surface area contributed by atoms with Gasteiger partial charge in [0.2, 0.25) is 0 Å². The van der Waals surface area contributed by atoms with Crippen molar-refractivity contribution >= 4 is 22.5 Å². The van der Waals surface area contributed by atoms with E-state index in [1.807, 2.05) is 6.07 Å². The molecule has 0 saturated carbocycles. The molecule has 0 atom stereocenters. The summed E-state index contributed by atoms with van der Waals surface area (Å²) in [6.07, 6.45) is 0.659. The largest absolute Gasteiger partial charge is 0.416 e. The van der Waals surface area contributed by atoms with Crippen molar-refractivity contribution in [2.24, 2.45) is 0 Å². The molecular formula is C14H8ClF3N2. The Bertz CT molecular complexity index is 777. The first kappa shape index (κ1) is 13.0. The van der Waals surface area contributed by atoms with Gasteiger partial charge >= 0.3 is 6.18 Å². The molecule has 1 aromatic carbocycles. The third-order valence-electron chi connectivity index (χ3n) is 3.03. The minimum Gasteiger partial charge on any atom is -0.315 e. The van der Waals surface area contributed by atoms with Gasteiger partial charge < -0.3 is 4.57 Å². The highest BCUT2D eigenvalue weighted by Crippen LogP contribution is 2.34. The summed E-state index contributed by atoms with van der Waals surface area (Å²) >= 11 is 5.99. The lowest BCUT2D eigenvalue weighted by atomic mass is 10.2. The van der Waals surface area contributed by atoms with Gasteiger partial charge in [0.1, 0.15) is 0 Å². The summed E-state index contributed by atoms with van der Waals surface area (Å²) in [5.41, 5.74) is 0.576. The monoisotopic (exact) mass is 296 g/mol. The quantitative estimate of drug-likeness (QED) is 0.636. The summed E-state index contributed by atoms with van der Waals surface area (Å²) in [5.74, 6) is 0. The first-order valence-electron chi connectivity index (χ1n) is 5.75. The molecule has 0 N–H and O–H groups in total. The molecule has 6 heteroatoms. The fourth-order valence-corrected chi connectivity index (χ4v) is 2.34. The molecule has 0 spiro atoms. The van der Waals surface area contributed by atoms with E-state index < -0.39 is 11.7 Å². The van der Waals surface area contributed by atoms with Crippen LogP contribution in [0.2, 0.25) is 5.02 Å². The van der Waals surface area contributed by atoms with Crippen LogP contribution < -0.4 is 0 Å². The Labute approximate surface area is 117 Å². The number of pyridine rings is 1. The maximum absolute atomic E-state index is 12.6. The Kier molecular flexibility index (Phi) is 2.94. The molecule has 102 valence electrons. The minimum atomic E-state index is -4.40. The number of rotatable bonds is 1. The Morgan fingerprint density at radius 1 is 1.10 bits per heavy atom. The normalized spacial score (nSPS) is 12.0. The van der Waals surface area contributed by atoms with Crippen LogP contribution in [0, 0.1) is 0 Å². The van der Waals surface area contributed by atoms with Crippen molar-refractivity contribution in [2.75, 3.05) is 0 Å². The van der Waals surface area contributed by atoms with Gasteiger partial charge in [-0.25, -0.2) is 0 Å². The maximum atomic E-state index is 12.6. The number of halogens is 4. The zero-order chi connectivity index (χ0) is 14.3. The second kappa shape index (κ2) is 4.52. The van der Waals surface area contributed by atoms with Gasteiger partial charge in [-0.1, -0.05) is 11.6 Å². The zero-order valence-corrected chi connectivity index (χ0v) is 10.8. The van der Waals surface area contributed by atoms with Crippen molar-refractivity contribution in [3.05, 3.63) is 59.5 Å². The van der Waals surface area contributed by atoms with E-state index in [0.29, 0.717) is 5.69 Å². The number of alkyl halides is 3. The fourth-order valence-electron chi connectivity index (χ4n) is 2.07. The summed E-state index contributed by atoms with van der Waals surface area (Å²) in [7, 11) is 0. The molecule has 0 unspecified atom stereocenters. The summed E-state index contributed by atoms with van der Waals surface area (Å²) in [6, 6.07) is 6.93. The zero-order valence-electron chi connectivity index (χ0n) is 10.0. The molecule has 0 fully saturated rings. The SMILES string of the molecule is FC(F)(F)c1ccc(-n2ccc3cnccc32)c(Cl)c1. The van der Waals surface area contributed by atoms with Gasteiger partial charge in [-0.15, -0.1) is 0 Å². The van der Waals surface area contributed by atoms with Crippen molar-refractivity contribution in [1.82, 2.24) is 9.55 Å². The van der Waals surface area contributed by atoms with E-state index in [4.69, 9.17) is 11.6 Å². The Morgan fingerprint density at radius 2 is 1.90 bits per heavy atom. The number of benzene rings is 1. The molecular weight excluding hydrogens is 289 g/mol. The molecule has 2 aromatic heterocycles. The van der Waals surface area contributed by atoms with Crippen LogP contribution in [0.25, 0.3) is 16.6 Å². The minimum absolute atomic E-state index is 0.0501. The van der Waals surface area contributed by atoms with Gasteiger partial charge in [0.15, 0.2) is 0 Å². The smallest absolute Gasteiger partial charge is 0.315 e. The van der Waals surface area contributed by atoms with Crippen LogP contribution in [-0.2, 0) is 6.18 Å². The number of hydrogen-bond acceptors (Lipinski definition) is 1. The highest BCUT2D eigenvalue weighted by atomic mass is 35.5. The number of nitrogens with zero attached hydrogens (tertiary/aromatic N) is 2. The van der Waals surface area contributed by atoms with Crippen molar-refractivity contribution in [3.63, 3.8) is 0 Å². The first-order chi connectivity index (χ1) is 9.47. The highest BCUT2D eigenvalue weighted by Gasteiger charge is 2.31. The lowest BCUT2D eigenvalue weighted by Crippen LogP contribution is -2.05. The van der Waals surface area contributed by atoms with E-state index in [0.717, 1.165) is 23.0 Å². The molecule has 20 heavy (non-hydrogen) atoms. The Morgan fingerprint density at radius 3 is 2.60 bits per heavy atom. The summed E-state index contributed by atoms with van der Waals surface area (Å²) in [4.78, 5) is 3.99. The van der Waals surface area contributed by atoms with Crippen LogP contribution in [0.3, 0.4) is 0 Å². The summed E-state index contributed by atoms with van der Waals surface area (Å²) < 4.78 is 39.6. The van der Waals surface area contributed by atoms with Gasteiger partial charge in [0.05, 0.1) is 21.8 Å². The predicted octanol–water partition coefficient (Wildman–Crippen LogP) is 4.70. The average molecular weight is 297 g/mol. The van der Waals surface area contributed by atoms with Gasteiger partial charge in [-0.05, 0) is 30.3 Å². The molecule has 0 bridgehead atoms. The van der Waals surface area contributed by atoms with Crippen LogP contribution in [-0.4, -0.2) is 9.55 Å². The maximum Gasteiger partial charge on any atom is 0.416 e. The molecule has 0 aliphatic rings. The van der Waals surface area contributed by atoms with Crippen LogP contribution in [0.15, 0.2) is 48.9 Å². The average Bonchev–Trinajstić information content (AvgIpc) is 2.81. The predicted molar refractivity (Wildman–Crippen MR) is 71.1 cm³/mol. The third-order valence-corrected chi connectivity index (χ3v) is 3.33. The van der Waals surface area contributed by atoms with Gasteiger partial charge in [-0.3, -0.25) is 4.98 Å². The topological polar surface area (TPSA) is 17.8 Å². The van der Waals surface area contributed by atoms with E-state index in [2.05, 4.69) is 4.98 Å². The van der Waals surface area contributed by atoms with Gasteiger partial charge in [-0.2, -0.15) is 13.2 Å². The van der Waals surface area contributed by atoms with Crippen molar-refractivity contribution in [3.8, 4) is 5.69 Å². The fraction of sp³-hybridized carbons (Fsp3) is 0.0714. The Hall–Kier alpha value is -2.01. The molecule has 3 rings (SSSR count). The van der Waals surface area contributed by atoms with E-state index >= 15 is 0 Å². The van der Waals surface area contributed by atoms with Crippen LogP contribution in [0.5, 0.6) is 0 Å². The second-order valence-corrected chi connectivity index (χ2v) is 4.69. The lowest BCUT2D eigenvalue weighted by molar-refractivity contribution is -0.137. The Balaban J connectivity index is 2.16. The van der Waals surface area contributed by atoms with Gasteiger partial charge in [0, 0.05) is 24.0 Å². The van der Waals surface area contributed by atoms with Crippen LogP contribution in [0.4, 0.5) is 13.2 Å². The van der Waals surface area contributed by atoms with E-state index in [9.17, 15) is 13.2 Å². The molecule has 2 heterocycles. The highest BCUT2D eigenvalue weighted by molar-refractivity contribution is 6.32. The summed E-state index contributed by atoms with van der Waals surface area (Å²) in [5, 5.41) is 0.942. The van der Waals surface area contributed by atoms with Crippen LogP contribution in [0.1, 0.15) is 5.56 Å². The van der Waals surface area contributed by atoms with Crippen LogP contribution >= 0.6 is 11.6 Å². The number of fused-ring (bicyclic) bond motifs is 1. The molecule has 0 amide bonds.